The van der Waals surface area contributed by atoms with E-state index in [2.05, 4.69) is 5.10 Å². The maximum absolute atomic E-state index is 13.2. The van der Waals surface area contributed by atoms with Gasteiger partial charge in [-0.15, -0.1) is 0 Å². The van der Waals surface area contributed by atoms with Gasteiger partial charge in [-0.05, 0) is 18.9 Å². The average molecular weight is 270 g/mol. The Hall–Kier alpha value is -1.26. The SMILES string of the molecule is CC(C)(C)c1ccc(=O)n(C2CCC(F)(F)CC2)n1. The first kappa shape index (κ1) is 14.2. The molecule has 0 bridgehead atoms. The van der Waals surface area contributed by atoms with Crippen molar-refractivity contribution in [3.8, 4) is 0 Å². The summed E-state index contributed by atoms with van der Waals surface area (Å²) < 4.78 is 27.7. The van der Waals surface area contributed by atoms with Gasteiger partial charge in [0.1, 0.15) is 0 Å². The fraction of sp³-hybridized carbons (Fsp3) is 0.714. The lowest BCUT2D eigenvalue weighted by atomic mass is 9.91. The van der Waals surface area contributed by atoms with Crippen LogP contribution in [0.2, 0.25) is 0 Å². The zero-order valence-electron chi connectivity index (χ0n) is 11.6. The molecule has 106 valence electrons. The Labute approximate surface area is 111 Å². The Morgan fingerprint density at radius 1 is 1.26 bits per heavy atom. The van der Waals surface area contributed by atoms with Crippen LogP contribution in [0.1, 0.15) is 58.2 Å². The van der Waals surface area contributed by atoms with Crippen LogP contribution in [0.15, 0.2) is 16.9 Å². The van der Waals surface area contributed by atoms with Crippen molar-refractivity contribution >= 4 is 0 Å². The van der Waals surface area contributed by atoms with E-state index in [-0.39, 0.29) is 29.9 Å². The molecule has 1 aliphatic rings. The number of nitrogens with zero attached hydrogens (tertiary/aromatic N) is 2. The quantitative estimate of drug-likeness (QED) is 0.785. The van der Waals surface area contributed by atoms with Gasteiger partial charge in [-0.3, -0.25) is 4.79 Å². The van der Waals surface area contributed by atoms with Gasteiger partial charge in [0, 0.05) is 24.3 Å². The molecule has 0 unspecified atom stereocenters. The van der Waals surface area contributed by atoms with Crippen molar-refractivity contribution in [2.45, 2.75) is 63.8 Å². The van der Waals surface area contributed by atoms with Crippen molar-refractivity contribution < 1.29 is 8.78 Å². The van der Waals surface area contributed by atoms with Gasteiger partial charge in [-0.1, -0.05) is 20.8 Å². The van der Waals surface area contributed by atoms with Crippen molar-refractivity contribution in [3.05, 3.63) is 28.2 Å². The molecule has 1 aromatic heterocycles. The summed E-state index contributed by atoms with van der Waals surface area (Å²) in [5.74, 6) is -2.58. The number of halogens is 2. The van der Waals surface area contributed by atoms with Crippen LogP contribution in [-0.4, -0.2) is 15.7 Å². The zero-order valence-corrected chi connectivity index (χ0v) is 11.6. The van der Waals surface area contributed by atoms with Gasteiger partial charge < -0.3 is 0 Å². The van der Waals surface area contributed by atoms with Gasteiger partial charge in [0.25, 0.3) is 5.56 Å². The molecule has 1 aliphatic carbocycles. The molecule has 1 heterocycles. The van der Waals surface area contributed by atoms with Gasteiger partial charge >= 0.3 is 0 Å². The summed E-state index contributed by atoms with van der Waals surface area (Å²) in [5, 5.41) is 4.37. The van der Waals surface area contributed by atoms with Crippen molar-refractivity contribution in [1.82, 2.24) is 9.78 Å². The topological polar surface area (TPSA) is 34.9 Å². The summed E-state index contributed by atoms with van der Waals surface area (Å²) >= 11 is 0. The van der Waals surface area contributed by atoms with Gasteiger partial charge in [0.2, 0.25) is 5.92 Å². The fourth-order valence-corrected chi connectivity index (χ4v) is 2.36. The Bertz CT molecular complexity index is 507. The summed E-state index contributed by atoms with van der Waals surface area (Å²) in [5.41, 5.74) is 0.446. The average Bonchev–Trinajstić information content (AvgIpc) is 2.29. The maximum Gasteiger partial charge on any atom is 0.267 e. The standard InChI is InChI=1S/C14H20F2N2O/c1-13(2,3)11-4-5-12(19)18(17-11)10-6-8-14(15,16)9-7-10/h4-5,10H,6-9H2,1-3H3. The summed E-state index contributed by atoms with van der Waals surface area (Å²) in [7, 11) is 0. The molecule has 0 atom stereocenters. The molecule has 0 radical (unpaired) electrons. The second kappa shape index (κ2) is 4.69. The van der Waals surface area contributed by atoms with Crippen LogP contribution in [0.5, 0.6) is 0 Å². The third-order valence-corrected chi connectivity index (χ3v) is 3.63. The number of aromatic nitrogens is 2. The molecule has 0 saturated heterocycles. The van der Waals surface area contributed by atoms with Crippen LogP contribution < -0.4 is 5.56 Å². The lowest BCUT2D eigenvalue weighted by molar-refractivity contribution is -0.0455. The van der Waals surface area contributed by atoms with Crippen molar-refractivity contribution in [2.24, 2.45) is 0 Å². The number of hydrogen-bond donors (Lipinski definition) is 0. The van der Waals surface area contributed by atoms with Gasteiger partial charge in [0.15, 0.2) is 0 Å². The van der Waals surface area contributed by atoms with Crippen LogP contribution in [0.4, 0.5) is 8.78 Å². The monoisotopic (exact) mass is 270 g/mol. The minimum atomic E-state index is -2.58. The Kier molecular flexibility index (Phi) is 3.49. The van der Waals surface area contributed by atoms with E-state index >= 15 is 0 Å². The smallest absolute Gasteiger partial charge is 0.267 e. The molecule has 0 amide bonds. The van der Waals surface area contributed by atoms with Crippen LogP contribution in [0.3, 0.4) is 0 Å². The van der Waals surface area contributed by atoms with Crippen molar-refractivity contribution in [2.75, 3.05) is 0 Å². The highest BCUT2D eigenvalue weighted by atomic mass is 19.3. The van der Waals surface area contributed by atoms with Crippen LogP contribution in [0.25, 0.3) is 0 Å². The van der Waals surface area contributed by atoms with E-state index in [0.717, 1.165) is 5.69 Å². The van der Waals surface area contributed by atoms with Crippen molar-refractivity contribution in [1.29, 1.82) is 0 Å². The minimum Gasteiger partial charge on any atom is -0.268 e. The Morgan fingerprint density at radius 3 is 2.37 bits per heavy atom. The van der Waals surface area contributed by atoms with Crippen LogP contribution >= 0.6 is 0 Å². The Balaban J connectivity index is 2.28. The van der Waals surface area contributed by atoms with Gasteiger partial charge in [-0.2, -0.15) is 5.10 Å². The summed E-state index contributed by atoms with van der Waals surface area (Å²) in [6, 6.07) is 3.01. The molecule has 1 fully saturated rings. The lowest BCUT2D eigenvalue weighted by Gasteiger charge is -2.29. The molecule has 0 N–H and O–H groups in total. The summed E-state index contributed by atoms with van der Waals surface area (Å²) in [4.78, 5) is 11.9. The van der Waals surface area contributed by atoms with Crippen LogP contribution in [-0.2, 0) is 5.41 Å². The molecular formula is C14H20F2N2O. The predicted molar refractivity (Wildman–Crippen MR) is 69.6 cm³/mol. The summed E-state index contributed by atoms with van der Waals surface area (Å²) in [6.07, 6.45) is 0.304. The third-order valence-electron chi connectivity index (χ3n) is 3.63. The third kappa shape index (κ3) is 3.19. The van der Waals surface area contributed by atoms with Crippen molar-refractivity contribution in [3.63, 3.8) is 0 Å². The summed E-state index contributed by atoms with van der Waals surface area (Å²) in [6.45, 7) is 6.04. The molecule has 1 aromatic rings. The first-order valence-corrected chi connectivity index (χ1v) is 6.67. The molecule has 19 heavy (non-hydrogen) atoms. The molecular weight excluding hydrogens is 250 g/mol. The van der Waals surface area contributed by atoms with Gasteiger partial charge in [-0.25, -0.2) is 13.5 Å². The zero-order chi connectivity index (χ0) is 14.3. The van der Waals surface area contributed by atoms with E-state index in [9.17, 15) is 13.6 Å². The Morgan fingerprint density at radius 2 is 1.84 bits per heavy atom. The first-order valence-electron chi connectivity index (χ1n) is 6.67. The molecule has 0 spiro atoms. The highest BCUT2D eigenvalue weighted by molar-refractivity contribution is 5.11. The van der Waals surface area contributed by atoms with Crippen LogP contribution in [0, 0.1) is 0 Å². The number of hydrogen-bond acceptors (Lipinski definition) is 2. The lowest BCUT2D eigenvalue weighted by Crippen LogP contribution is -2.34. The fourth-order valence-electron chi connectivity index (χ4n) is 2.36. The van der Waals surface area contributed by atoms with E-state index < -0.39 is 5.92 Å². The number of rotatable bonds is 1. The highest BCUT2D eigenvalue weighted by Crippen LogP contribution is 2.37. The highest BCUT2D eigenvalue weighted by Gasteiger charge is 2.36. The largest absolute Gasteiger partial charge is 0.268 e. The molecule has 2 rings (SSSR count). The van der Waals surface area contributed by atoms with Gasteiger partial charge in [0.05, 0.1) is 11.7 Å². The van der Waals surface area contributed by atoms with E-state index in [1.165, 1.54) is 10.7 Å². The molecule has 3 nitrogen and oxygen atoms in total. The second-order valence-corrected chi connectivity index (χ2v) is 6.34. The minimum absolute atomic E-state index is 0.159. The van der Waals surface area contributed by atoms with E-state index in [1.807, 2.05) is 20.8 Å². The van der Waals surface area contributed by atoms with E-state index in [1.54, 1.807) is 6.07 Å². The van der Waals surface area contributed by atoms with E-state index in [0.29, 0.717) is 12.8 Å². The molecule has 0 aliphatic heterocycles. The normalized spacial score (nSPS) is 20.5. The second-order valence-electron chi connectivity index (χ2n) is 6.34. The molecule has 0 aromatic carbocycles. The maximum atomic E-state index is 13.2. The first-order chi connectivity index (χ1) is 8.69. The predicted octanol–water partition coefficient (Wildman–Crippen LogP) is 3.29. The number of alkyl halides is 2. The van der Waals surface area contributed by atoms with E-state index in [4.69, 9.17) is 0 Å². The molecule has 5 heteroatoms. The molecule has 1 saturated carbocycles.